The summed E-state index contributed by atoms with van der Waals surface area (Å²) < 4.78 is 12.3. The highest BCUT2D eigenvalue weighted by atomic mass is 16.6. The molecule has 1 unspecified atom stereocenters. The molecule has 5 aliphatic rings. The number of esters is 2. The predicted octanol–water partition coefficient (Wildman–Crippen LogP) is 5.97. The van der Waals surface area contributed by atoms with Crippen LogP contribution in [0.25, 0.3) is 0 Å². The molecule has 1 heterocycles. The molecular weight excluding hydrogens is 424 g/mol. The fourth-order valence-corrected chi connectivity index (χ4v) is 8.08. The molecule has 4 bridgehead atoms. The summed E-state index contributed by atoms with van der Waals surface area (Å²) in [6.07, 6.45) is 8.50. The van der Waals surface area contributed by atoms with Crippen LogP contribution in [0.2, 0.25) is 0 Å². The first kappa shape index (κ1) is 21.9. The zero-order valence-corrected chi connectivity index (χ0v) is 19.8. The van der Waals surface area contributed by atoms with Crippen LogP contribution in [0.15, 0.2) is 60.7 Å². The smallest absolute Gasteiger partial charge is 0.306 e. The Morgan fingerprint density at radius 1 is 0.853 bits per heavy atom. The number of carbonyl (C=O) groups is 2. The van der Waals surface area contributed by atoms with Crippen molar-refractivity contribution in [3.8, 4) is 0 Å². The minimum atomic E-state index is -0.461. The average Bonchev–Trinajstić information content (AvgIpc) is 2.83. The molecule has 0 radical (unpaired) electrons. The summed E-state index contributed by atoms with van der Waals surface area (Å²) in [5.74, 6) is 1.91. The lowest BCUT2D eigenvalue weighted by Gasteiger charge is -2.55. The van der Waals surface area contributed by atoms with Crippen LogP contribution in [-0.4, -0.2) is 23.6 Å². The topological polar surface area (TPSA) is 52.6 Å². The van der Waals surface area contributed by atoms with Gasteiger partial charge < -0.3 is 9.47 Å². The molecule has 2 aromatic rings. The maximum absolute atomic E-state index is 13.2. The maximum atomic E-state index is 13.2. The lowest BCUT2D eigenvalue weighted by atomic mass is 9.54. The Labute approximate surface area is 202 Å². The van der Waals surface area contributed by atoms with E-state index in [9.17, 15) is 9.59 Å². The highest BCUT2D eigenvalue weighted by Crippen LogP contribution is 2.57. The molecule has 7 rings (SSSR count). The largest absolute Gasteiger partial charge is 0.461 e. The molecule has 0 spiro atoms. The number of benzene rings is 2. The lowest BCUT2D eigenvalue weighted by Crippen LogP contribution is -2.53. The standard InChI is InChI=1S/C30H34O4/c31-27-13-14-30(24-7-3-1-4-8-24,25-9-5-2-6-10-25)26(33-27)11-12-28(32)34-29-18-21-15-22(19-29)17-23(16-21)20-29/h1-10,21-23,26H,11-20H2. The van der Waals surface area contributed by atoms with E-state index in [0.717, 1.165) is 48.1 Å². The molecule has 1 saturated heterocycles. The summed E-state index contributed by atoms with van der Waals surface area (Å²) in [6, 6.07) is 20.6. The number of ether oxygens (including phenoxy) is 2. The van der Waals surface area contributed by atoms with E-state index in [1.54, 1.807) is 0 Å². The molecule has 0 aromatic heterocycles. The van der Waals surface area contributed by atoms with Crippen molar-refractivity contribution in [3.05, 3.63) is 71.8 Å². The van der Waals surface area contributed by atoms with Crippen LogP contribution in [-0.2, 0) is 24.5 Å². The van der Waals surface area contributed by atoms with Crippen molar-refractivity contribution < 1.29 is 19.1 Å². The molecule has 2 aromatic carbocycles. The van der Waals surface area contributed by atoms with E-state index in [1.165, 1.54) is 19.3 Å². The Kier molecular flexibility index (Phi) is 5.50. The van der Waals surface area contributed by atoms with E-state index in [4.69, 9.17) is 9.47 Å². The van der Waals surface area contributed by atoms with Crippen molar-refractivity contribution in [2.45, 2.75) is 81.3 Å². The normalized spacial score (nSPS) is 33.4. The summed E-state index contributed by atoms with van der Waals surface area (Å²) in [5, 5.41) is 0. The first-order valence-electron chi connectivity index (χ1n) is 13.1. The minimum Gasteiger partial charge on any atom is -0.461 e. The van der Waals surface area contributed by atoms with Gasteiger partial charge in [0.1, 0.15) is 11.7 Å². The second kappa shape index (κ2) is 8.55. The minimum absolute atomic E-state index is 0.126. The van der Waals surface area contributed by atoms with Crippen LogP contribution >= 0.6 is 0 Å². The number of cyclic esters (lactones) is 1. The third kappa shape index (κ3) is 3.85. The van der Waals surface area contributed by atoms with E-state index in [-0.39, 0.29) is 24.0 Å². The van der Waals surface area contributed by atoms with Crippen LogP contribution in [0.4, 0.5) is 0 Å². The highest BCUT2D eigenvalue weighted by molar-refractivity contribution is 5.73. The van der Waals surface area contributed by atoms with E-state index in [2.05, 4.69) is 24.3 Å². The van der Waals surface area contributed by atoms with Gasteiger partial charge in [0, 0.05) is 12.8 Å². The fourth-order valence-electron chi connectivity index (χ4n) is 8.08. The Bertz CT molecular complexity index is 969. The number of rotatable bonds is 6. The van der Waals surface area contributed by atoms with Gasteiger partial charge in [0.05, 0.1) is 5.41 Å². The van der Waals surface area contributed by atoms with E-state index >= 15 is 0 Å². The van der Waals surface area contributed by atoms with Crippen molar-refractivity contribution >= 4 is 11.9 Å². The molecule has 0 amide bonds. The van der Waals surface area contributed by atoms with E-state index < -0.39 is 11.5 Å². The summed E-state index contributed by atoms with van der Waals surface area (Å²) in [4.78, 5) is 25.6. The Morgan fingerprint density at radius 3 is 1.91 bits per heavy atom. The van der Waals surface area contributed by atoms with Crippen LogP contribution in [0.5, 0.6) is 0 Å². The summed E-state index contributed by atoms with van der Waals surface area (Å²) in [6.45, 7) is 0. The van der Waals surface area contributed by atoms with Gasteiger partial charge >= 0.3 is 11.9 Å². The molecule has 4 saturated carbocycles. The number of hydrogen-bond donors (Lipinski definition) is 0. The van der Waals surface area contributed by atoms with Crippen molar-refractivity contribution in [1.29, 1.82) is 0 Å². The molecule has 4 heteroatoms. The van der Waals surface area contributed by atoms with Crippen LogP contribution in [0.3, 0.4) is 0 Å². The third-order valence-corrected chi connectivity index (χ3v) is 9.05. The van der Waals surface area contributed by atoms with E-state index in [1.807, 2.05) is 36.4 Å². The van der Waals surface area contributed by atoms with Gasteiger partial charge in [-0.25, -0.2) is 0 Å². The van der Waals surface area contributed by atoms with Gasteiger partial charge in [-0.1, -0.05) is 60.7 Å². The Balaban J connectivity index is 1.23. The van der Waals surface area contributed by atoms with Crippen molar-refractivity contribution in [3.63, 3.8) is 0 Å². The number of carbonyl (C=O) groups excluding carboxylic acids is 2. The SMILES string of the molecule is O=C1CCC(c2ccccc2)(c2ccccc2)C(CCC(=O)OC23CC4CC(CC(C4)C2)C3)O1. The van der Waals surface area contributed by atoms with Gasteiger partial charge in [0.2, 0.25) is 0 Å². The van der Waals surface area contributed by atoms with Crippen LogP contribution in [0, 0.1) is 17.8 Å². The van der Waals surface area contributed by atoms with Crippen molar-refractivity contribution in [2.24, 2.45) is 17.8 Å². The van der Waals surface area contributed by atoms with Gasteiger partial charge in [-0.3, -0.25) is 9.59 Å². The van der Waals surface area contributed by atoms with Crippen molar-refractivity contribution in [2.75, 3.05) is 0 Å². The molecule has 5 fully saturated rings. The predicted molar refractivity (Wildman–Crippen MR) is 129 cm³/mol. The molecule has 4 nitrogen and oxygen atoms in total. The monoisotopic (exact) mass is 458 g/mol. The molecule has 34 heavy (non-hydrogen) atoms. The van der Waals surface area contributed by atoms with Gasteiger partial charge in [-0.05, 0) is 80.2 Å². The fraction of sp³-hybridized carbons (Fsp3) is 0.533. The summed E-state index contributed by atoms with van der Waals surface area (Å²) in [7, 11) is 0. The summed E-state index contributed by atoms with van der Waals surface area (Å²) >= 11 is 0. The summed E-state index contributed by atoms with van der Waals surface area (Å²) in [5.41, 5.74) is 1.57. The number of hydrogen-bond acceptors (Lipinski definition) is 4. The molecule has 178 valence electrons. The zero-order chi connectivity index (χ0) is 23.2. The third-order valence-electron chi connectivity index (χ3n) is 9.05. The molecule has 1 aliphatic heterocycles. The van der Waals surface area contributed by atoms with Gasteiger partial charge in [0.25, 0.3) is 0 Å². The Hall–Kier alpha value is -2.62. The average molecular weight is 459 g/mol. The molecule has 1 atom stereocenters. The quantitative estimate of drug-likeness (QED) is 0.501. The van der Waals surface area contributed by atoms with Gasteiger partial charge in [0.15, 0.2) is 0 Å². The van der Waals surface area contributed by atoms with Crippen LogP contribution in [0.1, 0.15) is 75.3 Å². The molecular formula is C30H34O4. The molecule has 0 N–H and O–H groups in total. The first-order chi connectivity index (χ1) is 16.5. The van der Waals surface area contributed by atoms with Gasteiger partial charge in [-0.2, -0.15) is 0 Å². The second-order valence-corrected chi connectivity index (χ2v) is 11.3. The first-order valence-corrected chi connectivity index (χ1v) is 13.1. The van der Waals surface area contributed by atoms with Crippen LogP contribution < -0.4 is 0 Å². The van der Waals surface area contributed by atoms with Gasteiger partial charge in [-0.15, -0.1) is 0 Å². The highest BCUT2D eigenvalue weighted by Gasteiger charge is 2.53. The maximum Gasteiger partial charge on any atom is 0.306 e. The van der Waals surface area contributed by atoms with Crippen molar-refractivity contribution in [1.82, 2.24) is 0 Å². The molecule has 4 aliphatic carbocycles. The zero-order valence-electron chi connectivity index (χ0n) is 19.8. The lowest BCUT2D eigenvalue weighted by molar-refractivity contribution is -0.188. The Morgan fingerprint density at radius 2 is 1.38 bits per heavy atom. The van der Waals surface area contributed by atoms with E-state index in [0.29, 0.717) is 19.3 Å². The second-order valence-electron chi connectivity index (χ2n) is 11.3.